The molecular weight excluding hydrogens is 240 g/mol. The lowest BCUT2D eigenvalue weighted by molar-refractivity contribution is -0.127. The van der Waals surface area contributed by atoms with Crippen molar-refractivity contribution < 1.29 is 9.90 Å². The standard InChI is InChI=1S/C15H18N2O2/c1-15(2,19)11-17(3)14(18)8-7-12-5-4-6-13(9-12)10-16/h4-9,19H,11H2,1-3H3/b8-7+. The zero-order chi connectivity index (χ0) is 14.5. The number of hydrogen-bond acceptors (Lipinski definition) is 3. The Morgan fingerprint density at radius 3 is 2.79 bits per heavy atom. The van der Waals surface area contributed by atoms with E-state index in [4.69, 9.17) is 5.26 Å². The molecule has 1 N–H and O–H groups in total. The molecule has 4 heteroatoms. The van der Waals surface area contributed by atoms with Gasteiger partial charge in [0.15, 0.2) is 0 Å². The minimum atomic E-state index is -0.918. The van der Waals surface area contributed by atoms with E-state index in [1.807, 2.05) is 12.1 Å². The van der Waals surface area contributed by atoms with Crippen LogP contribution < -0.4 is 0 Å². The van der Waals surface area contributed by atoms with E-state index in [0.29, 0.717) is 5.56 Å². The summed E-state index contributed by atoms with van der Waals surface area (Å²) in [5.74, 6) is -0.190. The largest absolute Gasteiger partial charge is 0.389 e. The third kappa shape index (κ3) is 5.36. The van der Waals surface area contributed by atoms with Crippen LogP contribution in [0.2, 0.25) is 0 Å². The van der Waals surface area contributed by atoms with Crippen molar-refractivity contribution in [2.24, 2.45) is 0 Å². The van der Waals surface area contributed by atoms with Crippen molar-refractivity contribution in [3.63, 3.8) is 0 Å². The van der Waals surface area contributed by atoms with Crippen LogP contribution in [0.1, 0.15) is 25.0 Å². The molecule has 1 aromatic carbocycles. The molecule has 4 nitrogen and oxygen atoms in total. The van der Waals surface area contributed by atoms with Gasteiger partial charge in [0.1, 0.15) is 0 Å². The van der Waals surface area contributed by atoms with Gasteiger partial charge in [0, 0.05) is 19.7 Å². The molecule has 0 atom stereocenters. The van der Waals surface area contributed by atoms with Gasteiger partial charge in [-0.15, -0.1) is 0 Å². The molecule has 100 valence electrons. The quantitative estimate of drug-likeness (QED) is 0.837. The van der Waals surface area contributed by atoms with Crippen molar-refractivity contribution in [2.45, 2.75) is 19.4 Å². The number of nitrogens with zero attached hydrogens (tertiary/aromatic N) is 2. The lowest BCUT2D eigenvalue weighted by atomic mass is 10.1. The molecule has 0 heterocycles. The fraction of sp³-hybridized carbons (Fsp3) is 0.333. The van der Waals surface area contributed by atoms with Gasteiger partial charge in [-0.25, -0.2) is 0 Å². The number of nitriles is 1. The first-order valence-corrected chi connectivity index (χ1v) is 5.97. The van der Waals surface area contributed by atoms with Crippen LogP contribution in [0, 0.1) is 11.3 Å². The molecule has 0 saturated carbocycles. The van der Waals surface area contributed by atoms with Gasteiger partial charge in [-0.3, -0.25) is 4.79 Å². The van der Waals surface area contributed by atoms with Crippen LogP contribution in [-0.4, -0.2) is 35.1 Å². The summed E-state index contributed by atoms with van der Waals surface area (Å²) in [6.07, 6.45) is 3.09. The van der Waals surface area contributed by atoms with E-state index < -0.39 is 5.60 Å². The number of carbonyl (C=O) groups is 1. The predicted molar refractivity (Wildman–Crippen MR) is 74.1 cm³/mol. The Bertz CT molecular complexity index is 522. The topological polar surface area (TPSA) is 64.3 Å². The van der Waals surface area contributed by atoms with Crippen molar-refractivity contribution >= 4 is 12.0 Å². The molecule has 0 aromatic heterocycles. The van der Waals surface area contributed by atoms with Crippen molar-refractivity contribution in [1.29, 1.82) is 5.26 Å². The van der Waals surface area contributed by atoms with Gasteiger partial charge in [0.05, 0.1) is 17.2 Å². The van der Waals surface area contributed by atoms with Crippen molar-refractivity contribution in [3.05, 3.63) is 41.5 Å². The predicted octanol–water partition coefficient (Wildman–Crippen LogP) is 1.80. The zero-order valence-corrected chi connectivity index (χ0v) is 11.4. The summed E-state index contributed by atoms with van der Waals surface area (Å²) in [6.45, 7) is 3.56. The Hall–Kier alpha value is -2.12. The van der Waals surface area contributed by atoms with Gasteiger partial charge in [-0.2, -0.15) is 5.26 Å². The fourth-order valence-corrected chi connectivity index (χ4v) is 1.66. The fourth-order valence-electron chi connectivity index (χ4n) is 1.66. The smallest absolute Gasteiger partial charge is 0.246 e. The summed E-state index contributed by atoms with van der Waals surface area (Å²) < 4.78 is 0. The number of amides is 1. The molecule has 0 radical (unpaired) electrons. The second kappa shape index (κ2) is 6.17. The van der Waals surface area contributed by atoms with E-state index in [9.17, 15) is 9.90 Å². The highest BCUT2D eigenvalue weighted by atomic mass is 16.3. The lowest BCUT2D eigenvalue weighted by Gasteiger charge is -2.24. The molecular formula is C15H18N2O2. The molecule has 0 saturated heterocycles. The number of rotatable bonds is 4. The van der Waals surface area contributed by atoms with E-state index in [1.54, 1.807) is 45.2 Å². The Kier molecular flexibility index (Phi) is 4.85. The number of benzene rings is 1. The maximum Gasteiger partial charge on any atom is 0.246 e. The second-order valence-electron chi connectivity index (χ2n) is 5.08. The Morgan fingerprint density at radius 1 is 1.53 bits per heavy atom. The highest BCUT2D eigenvalue weighted by Gasteiger charge is 2.17. The first-order chi connectivity index (χ1) is 8.81. The summed E-state index contributed by atoms with van der Waals surface area (Å²) in [7, 11) is 1.64. The second-order valence-corrected chi connectivity index (χ2v) is 5.08. The number of likely N-dealkylation sites (N-methyl/N-ethyl adjacent to an activating group) is 1. The van der Waals surface area contributed by atoms with Crippen LogP contribution in [0.15, 0.2) is 30.3 Å². The van der Waals surface area contributed by atoms with Crippen LogP contribution >= 0.6 is 0 Å². The van der Waals surface area contributed by atoms with Gasteiger partial charge in [0.2, 0.25) is 5.91 Å². The maximum absolute atomic E-state index is 11.8. The Morgan fingerprint density at radius 2 is 2.21 bits per heavy atom. The highest BCUT2D eigenvalue weighted by molar-refractivity contribution is 5.91. The van der Waals surface area contributed by atoms with Crippen molar-refractivity contribution in [1.82, 2.24) is 4.90 Å². The highest BCUT2D eigenvalue weighted by Crippen LogP contribution is 2.07. The summed E-state index contributed by atoms with van der Waals surface area (Å²) in [6, 6.07) is 9.05. The molecule has 0 bridgehead atoms. The first-order valence-electron chi connectivity index (χ1n) is 5.97. The molecule has 0 spiro atoms. The molecule has 1 amide bonds. The molecule has 0 aliphatic rings. The average molecular weight is 258 g/mol. The monoisotopic (exact) mass is 258 g/mol. The van der Waals surface area contributed by atoms with Crippen LogP contribution in [0.3, 0.4) is 0 Å². The zero-order valence-electron chi connectivity index (χ0n) is 11.4. The van der Waals surface area contributed by atoms with E-state index in [1.165, 1.54) is 11.0 Å². The van der Waals surface area contributed by atoms with Crippen LogP contribution in [0.5, 0.6) is 0 Å². The van der Waals surface area contributed by atoms with Crippen LogP contribution in [0.4, 0.5) is 0 Å². The Labute approximate surface area is 113 Å². The minimum absolute atomic E-state index is 0.190. The van der Waals surface area contributed by atoms with E-state index >= 15 is 0 Å². The molecule has 19 heavy (non-hydrogen) atoms. The SMILES string of the molecule is CN(CC(C)(C)O)C(=O)/C=C/c1cccc(C#N)c1. The third-order valence-corrected chi connectivity index (χ3v) is 2.43. The molecule has 1 rings (SSSR count). The van der Waals surface area contributed by atoms with Crippen molar-refractivity contribution in [2.75, 3.05) is 13.6 Å². The van der Waals surface area contributed by atoms with Gasteiger partial charge >= 0.3 is 0 Å². The summed E-state index contributed by atoms with van der Waals surface area (Å²) >= 11 is 0. The number of carbonyl (C=O) groups excluding carboxylic acids is 1. The maximum atomic E-state index is 11.8. The van der Waals surface area contributed by atoms with Gasteiger partial charge in [-0.05, 0) is 37.6 Å². The van der Waals surface area contributed by atoms with E-state index in [2.05, 4.69) is 0 Å². The van der Waals surface area contributed by atoms with Gasteiger partial charge < -0.3 is 10.0 Å². The van der Waals surface area contributed by atoms with Crippen molar-refractivity contribution in [3.8, 4) is 6.07 Å². The summed E-state index contributed by atoms with van der Waals surface area (Å²) in [5, 5.41) is 18.4. The minimum Gasteiger partial charge on any atom is -0.389 e. The molecule has 1 aromatic rings. The van der Waals surface area contributed by atoms with Gasteiger partial charge in [-0.1, -0.05) is 12.1 Å². The summed E-state index contributed by atoms with van der Waals surface area (Å²) in [5.41, 5.74) is 0.433. The van der Waals surface area contributed by atoms with Crippen LogP contribution in [-0.2, 0) is 4.79 Å². The Balaban J connectivity index is 2.71. The molecule has 0 fully saturated rings. The third-order valence-electron chi connectivity index (χ3n) is 2.43. The van der Waals surface area contributed by atoms with Crippen LogP contribution in [0.25, 0.3) is 6.08 Å². The van der Waals surface area contributed by atoms with E-state index in [-0.39, 0.29) is 12.5 Å². The molecule has 0 aliphatic heterocycles. The lowest BCUT2D eigenvalue weighted by Crippen LogP contribution is -2.38. The average Bonchev–Trinajstić information content (AvgIpc) is 2.34. The molecule has 0 unspecified atom stereocenters. The summed E-state index contributed by atoms with van der Waals surface area (Å²) in [4.78, 5) is 13.3. The number of hydrogen-bond donors (Lipinski definition) is 1. The molecule has 0 aliphatic carbocycles. The van der Waals surface area contributed by atoms with Gasteiger partial charge in [0.25, 0.3) is 0 Å². The van der Waals surface area contributed by atoms with E-state index in [0.717, 1.165) is 5.56 Å². The normalized spacial score (nSPS) is 11.3. The first kappa shape index (κ1) is 14.9. The number of aliphatic hydroxyl groups is 1.